The van der Waals surface area contributed by atoms with Crippen molar-refractivity contribution in [2.45, 2.75) is 25.9 Å². The number of carbonyl (C=O) groups excluding carboxylic acids is 1. The first-order valence-corrected chi connectivity index (χ1v) is 8.53. The number of amides is 1. The summed E-state index contributed by atoms with van der Waals surface area (Å²) in [6.45, 7) is 4.17. The van der Waals surface area contributed by atoms with Crippen LogP contribution in [-0.4, -0.2) is 41.0 Å². The van der Waals surface area contributed by atoms with Crippen LogP contribution < -0.4 is 4.90 Å². The highest BCUT2D eigenvalue weighted by atomic mass is 16.4. The average Bonchev–Trinajstić information content (AvgIpc) is 3.02. The Kier molecular flexibility index (Phi) is 5.14. The van der Waals surface area contributed by atoms with Gasteiger partial charge in [0.25, 0.3) is 0 Å². The van der Waals surface area contributed by atoms with Gasteiger partial charge in [0.1, 0.15) is 0 Å². The van der Waals surface area contributed by atoms with Gasteiger partial charge in [-0.2, -0.15) is 0 Å². The zero-order chi connectivity index (χ0) is 17.8. The number of rotatable bonds is 6. The molecule has 1 heterocycles. The highest BCUT2D eigenvalue weighted by Crippen LogP contribution is 2.25. The first-order valence-electron chi connectivity index (χ1n) is 8.53. The predicted molar refractivity (Wildman–Crippen MR) is 96.7 cm³/mol. The van der Waals surface area contributed by atoms with Crippen molar-refractivity contribution in [3.05, 3.63) is 65.7 Å². The summed E-state index contributed by atoms with van der Waals surface area (Å²) < 4.78 is 0. The normalized spacial score (nSPS) is 17.3. The molecule has 1 unspecified atom stereocenters. The fraction of sp³-hybridized carbons (Fsp3) is 0.300. The van der Waals surface area contributed by atoms with Crippen LogP contribution >= 0.6 is 0 Å². The molecule has 5 nitrogen and oxygen atoms in total. The third-order valence-electron chi connectivity index (χ3n) is 4.68. The number of hydrogen-bond donors (Lipinski definition) is 1. The third-order valence-corrected chi connectivity index (χ3v) is 4.68. The van der Waals surface area contributed by atoms with Crippen LogP contribution in [0.15, 0.2) is 54.6 Å². The fourth-order valence-corrected chi connectivity index (χ4v) is 3.30. The standard InChI is InChI=1S/C20H22N2O3/c1-2-21(14-15-8-10-16(11-9-15)20(24)25)18-12-13-22(19(18)23)17-6-4-3-5-7-17/h3-11,18H,2,12-14H2,1H3,(H,24,25). The Hall–Kier alpha value is -2.66. The van der Waals surface area contributed by atoms with E-state index in [9.17, 15) is 9.59 Å². The lowest BCUT2D eigenvalue weighted by Crippen LogP contribution is -2.41. The van der Waals surface area contributed by atoms with E-state index in [1.54, 1.807) is 12.1 Å². The van der Waals surface area contributed by atoms with Crippen molar-refractivity contribution in [2.24, 2.45) is 0 Å². The van der Waals surface area contributed by atoms with Gasteiger partial charge in [-0.1, -0.05) is 37.3 Å². The molecule has 1 aliphatic heterocycles. The van der Waals surface area contributed by atoms with Gasteiger partial charge < -0.3 is 10.0 Å². The van der Waals surface area contributed by atoms with Crippen LogP contribution in [0.5, 0.6) is 0 Å². The van der Waals surface area contributed by atoms with Crippen molar-refractivity contribution in [1.82, 2.24) is 4.90 Å². The number of likely N-dealkylation sites (N-methyl/N-ethyl adjacent to an activating group) is 1. The Labute approximate surface area is 147 Å². The number of aromatic carboxylic acids is 1. The van der Waals surface area contributed by atoms with E-state index in [4.69, 9.17) is 5.11 Å². The fourth-order valence-electron chi connectivity index (χ4n) is 3.30. The van der Waals surface area contributed by atoms with Gasteiger partial charge in [-0.25, -0.2) is 4.79 Å². The van der Waals surface area contributed by atoms with Crippen LogP contribution in [0.4, 0.5) is 5.69 Å². The molecule has 0 bridgehead atoms. The Balaban J connectivity index is 1.71. The maximum atomic E-state index is 12.8. The summed E-state index contributed by atoms with van der Waals surface area (Å²) in [5.74, 6) is -0.793. The molecule has 0 radical (unpaired) electrons. The lowest BCUT2D eigenvalue weighted by atomic mass is 10.1. The van der Waals surface area contributed by atoms with Crippen LogP contribution in [0.3, 0.4) is 0 Å². The van der Waals surface area contributed by atoms with Gasteiger partial charge in [0.2, 0.25) is 5.91 Å². The highest BCUT2D eigenvalue weighted by Gasteiger charge is 2.35. The van der Waals surface area contributed by atoms with E-state index in [1.165, 1.54) is 0 Å². The van der Waals surface area contributed by atoms with Crippen LogP contribution in [0.2, 0.25) is 0 Å². The molecule has 1 saturated heterocycles. The number of nitrogens with zero attached hydrogens (tertiary/aromatic N) is 2. The minimum Gasteiger partial charge on any atom is -0.478 e. The first-order chi connectivity index (χ1) is 12.1. The zero-order valence-corrected chi connectivity index (χ0v) is 14.3. The quantitative estimate of drug-likeness (QED) is 0.879. The molecule has 2 aromatic rings. The molecule has 1 atom stereocenters. The summed E-state index contributed by atoms with van der Waals surface area (Å²) >= 11 is 0. The number of carboxylic acid groups (broad SMARTS) is 1. The van der Waals surface area contributed by atoms with Gasteiger partial charge in [-0.05, 0) is 42.8 Å². The van der Waals surface area contributed by atoms with Crippen molar-refractivity contribution in [3.63, 3.8) is 0 Å². The van der Waals surface area contributed by atoms with Gasteiger partial charge >= 0.3 is 5.97 Å². The predicted octanol–water partition coefficient (Wildman–Crippen LogP) is 3.01. The molecule has 3 rings (SSSR count). The van der Waals surface area contributed by atoms with E-state index >= 15 is 0 Å². The average molecular weight is 338 g/mol. The van der Waals surface area contributed by atoms with Crippen molar-refractivity contribution in [1.29, 1.82) is 0 Å². The van der Waals surface area contributed by atoms with E-state index in [-0.39, 0.29) is 17.5 Å². The second kappa shape index (κ2) is 7.49. The minimum atomic E-state index is -0.927. The molecule has 0 spiro atoms. The SMILES string of the molecule is CCN(Cc1ccc(C(=O)O)cc1)C1CCN(c2ccccc2)C1=O. The number of anilines is 1. The molecule has 1 amide bonds. The summed E-state index contributed by atoms with van der Waals surface area (Å²) in [4.78, 5) is 27.8. The summed E-state index contributed by atoms with van der Waals surface area (Å²) in [5, 5.41) is 8.99. The molecule has 2 aromatic carbocycles. The number of para-hydroxylation sites is 1. The lowest BCUT2D eigenvalue weighted by molar-refractivity contribution is -0.121. The van der Waals surface area contributed by atoms with Gasteiger partial charge in [0.15, 0.2) is 0 Å². The summed E-state index contributed by atoms with van der Waals surface area (Å²) in [6.07, 6.45) is 0.800. The number of carboxylic acids is 1. The van der Waals surface area contributed by atoms with Gasteiger partial charge in [-0.15, -0.1) is 0 Å². The van der Waals surface area contributed by atoms with Gasteiger partial charge in [0, 0.05) is 18.8 Å². The summed E-state index contributed by atoms with van der Waals surface area (Å²) in [6, 6.07) is 16.5. The zero-order valence-electron chi connectivity index (χ0n) is 14.3. The summed E-state index contributed by atoms with van der Waals surface area (Å²) in [5.41, 5.74) is 2.23. The third kappa shape index (κ3) is 3.72. The maximum Gasteiger partial charge on any atom is 0.335 e. The molecule has 0 aromatic heterocycles. The first kappa shape index (κ1) is 17.2. The van der Waals surface area contributed by atoms with E-state index in [2.05, 4.69) is 4.90 Å². The van der Waals surface area contributed by atoms with E-state index in [0.717, 1.165) is 30.8 Å². The van der Waals surface area contributed by atoms with E-state index in [1.807, 2.05) is 54.3 Å². The largest absolute Gasteiger partial charge is 0.478 e. The van der Waals surface area contributed by atoms with Gasteiger partial charge in [-0.3, -0.25) is 9.69 Å². The molecular weight excluding hydrogens is 316 g/mol. The second-order valence-corrected chi connectivity index (χ2v) is 6.20. The molecule has 0 aliphatic carbocycles. The van der Waals surface area contributed by atoms with Crippen LogP contribution in [-0.2, 0) is 11.3 Å². The minimum absolute atomic E-state index is 0.134. The van der Waals surface area contributed by atoms with Crippen LogP contribution in [0.25, 0.3) is 0 Å². The van der Waals surface area contributed by atoms with Crippen molar-refractivity contribution >= 4 is 17.6 Å². The number of benzene rings is 2. The molecule has 1 N–H and O–H groups in total. The topological polar surface area (TPSA) is 60.9 Å². The Bertz CT molecular complexity index is 743. The van der Waals surface area contributed by atoms with Crippen molar-refractivity contribution in [2.75, 3.05) is 18.0 Å². The molecule has 1 aliphatic rings. The Morgan fingerprint density at radius 1 is 1.16 bits per heavy atom. The smallest absolute Gasteiger partial charge is 0.335 e. The number of carbonyl (C=O) groups is 2. The second-order valence-electron chi connectivity index (χ2n) is 6.20. The molecule has 5 heteroatoms. The van der Waals surface area contributed by atoms with Crippen molar-refractivity contribution < 1.29 is 14.7 Å². The van der Waals surface area contributed by atoms with Crippen LogP contribution in [0, 0.1) is 0 Å². The van der Waals surface area contributed by atoms with Gasteiger partial charge in [0.05, 0.1) is 11.6 Å². The monoisotopic (exact) mass is 338 g/mol. The summed E-state index contributed by atoms with van der Waals surface area (Å²) in [7, 11) is 0. The Morgan fingerprint density at radius 3 is 2.44 bits per heavy atom. The molecule has 1 fully saturated rings. The molecule has 25 heavy (non-hydrogen) atoms. The van der Waals surface area contributed by atoms with Crippen LogP contribution in [0.1, 0.15) is 29.3 Å². The highest BCUT2D eigenvalue weighted by molar-refractivity contribution is 5.99. The lowest BCUT2D eigenvalue weighted by Gasteiger charge is -2.26. The Morgan fingerprint density at radius 2 is 1.84 bits per heavy atom. The van der Waals surface area contributed by atoms with E-state index < -0.39 is 5.97 Å². The molecule has 130 valence electrons. The maximum absolute atomic E-state index is 12.8. The van der Waals surface area contributed by atoms with Crippen molar-refractivity contribution in [3.8, 4) is 0 Å². The molecule has 0 saturated carbocycles. The number of hydrogen-bond acceptors (Lipinski definition) is 3. The molecular formula is C20H22N2O3. The van der Waals surface area contributed by atoms with E-state index in [0.29, 0.717) is 6.54 Å².